The Morgan fingerprint density at radius 1 is 1.13 bits per heavy atom. The van der Waals surface area contributed by atoms with E-state index < -0.39 is 6.04 Å². The van der Waals surface area contributed by atoms with Crippen LogP contribution in [-0.2, 0) is 9.59 Å². The lowest BCUT2D eigenvalue weighted by Crippen LogP contribution is -2.45. The number of carbonyl (C=O) groups excluding carboxylic acids is 2. The summed E-state index contributed by atoms with van der Waals surface area (Å²) in [4.78, 5) is 26.8. The first-order chi connectivity index (χ1) is 14.6. The molecule has 1 saturated heterocycles. The minimum Gasteiger partial charge on any atom is -0.484 e. The molecule has 2 amide bonds. The summed E-state index contributed by atoms with van der Waals surface area (Å²) >= 11 is 1.19. The van der Waals surface area contributed by atoms with Gasteiger partial charge in [0.1, 0.15) is 22.6 Å². The van der Waals surface area contributed by atoms with Crippen LogP contribution in [0.4, 0.5) is 9.52 Å². The summed E-state index contributed by atoms with van der Waals surface area (Å²) in [5.74, 6) is -0.268. The summed E-state index contributed by atoms with van der Waals surface area (Å²) in [5, 5.41) is 11.7. The second kappa shape index (κ2) is 9.00. The van der Waals surface area contributed by atoms with Gasteiger partial charge in [-0.25, -0.2) is 4.39 Å². The molecular formula is C21H19FN4O3S. The first-order valence-electron chi connectivity index (χ1n) is 9.48. The van der Waals surface area contributed by atoms with E-state index in [2.05, 4.69) is 15.5 Å². The maximum absolute atomic E-state index is 13.1. The normalized spacial score (nSPS) is 15.8. The number of amides is 2. The molecule has 1 N–H and O–H groups in total. The number of carbonyl (C=O) groups is 2. The number of rotatable bonds is 6. The molecule has 0 spiro atoms. The Morgan fingerprint density at radius 3 is 2.67 bits per heavy atom. The monoisotopic (exact) mass is 426 g/mol. The van der Waals surface area contributed by atoms with Gasteiger partial charge in [-0.15, -0.1) is 10.2 Å². The van der Waals surface area contributed by atoms with Gasteiger partial charge in [-0.1, -0.05) is 29.5 Å². The Hall–Kier alpha value is -3.33. The summed E-state index contributed by atoms with van der Waals surface area (Å²) in [6.45, 7) is 0.382. The quantitative estimate of drug-likeness (QED) is 0.654. The summed E-state index contributed by atoms with van der Waals surface area (Å²) in [7, 11) is 0. The average Bonchev–Trinajstić information content (AvgIpc) is 3.43. The lowest BCUT2D eigenvalue weighted by atomic mass is 10.2. The van der Waals surface area contributed by atoms with Gasteiger partial charge < -0.3 is 9.64 Å². The number of aromatic nitrogens is 2. The first kappa shape index (κ1) is 20.0. The highest BCUT2D eigenvalue weighted by Gasteiger charge is 2.34. The third-order valence-electron chi connectivity index (χ3n) is 4.73. The topological polar surface area (TPSA) is 84.4 Å². The molecule has 4 rings (SSSR count). The van der Waals surface area contributed by atoms with Crippen molar-refractivity contribution in [2.24, 2.45) is 0 Å². The van der Waals surface area contributed by atoms with Crippen molar-refractivity contribution >= 4 is 28.3 Å². The predicted octanol–water partition coefficient (Wildman–Crippen LogP) is 3.35. The van der Waals surface area contributed by atoms with Crippen molar-refractivity contribution in [3.05, 3.63) is 60.4 Å². The van der Waals surface area contributed by atoms with Gasteiger partial charge in [-0.05, 0) is 49.2 Å². The molecule has 154 valence electrons. The number of nitrogens with zero attached hydrogens (tertiary/aromatic N) is 3. The third kappa shape index (κ3) is 4.62. The summed E-state index contributed by atoms with van der Waals surface area (Å²) < 4.78 is 18.6. The molecule has 1 aliphatic rings. The molecule has 1 atom stereocenters. The van der Waals surface area contributed by atoms with E-state index in [1.54, 1.807) is 29.2 Å². The van der Waals surface area contributed by atoms with Crippen molar-refractivity contribution in [1.29, 1.82) is 0 Å². The molecule has 0 bridgehead atoms. The van der Waals surface area contributed by atoms with Crippen molar-refractivity contribution in [3.63, 3.8) is 0 Å². The fourth-order valence-corrected chi connectivity index (χ4v) is 4.01. The van der Waals surface area contributed by atoms with Gasteiger partial charge in [0.25, 0.3) is 5.91 Å². The van der Waals surface area contributed by atoms with Crippen LogP contribution in [-0.4, -0.2) is 46.1 Å². The molecule has 1 aliphatic heterocycles. The average molecular weight is 426 g/mol. The molecule has 1 unspecified atom stereocenters. The van der Waals surface area contributed by atoms with E-state index in [-0.39, 0.29) is 24.2 Å². The third-order valence-corrected chi connectivity index (χ3v) is 5.62. The van der Waals surface area contributed by atoms with Gasteiger partial charge in [0.2, 0.25) is 11.0 Å². The molecule has 1 fully saturated rings. The molecule has 3 aromatic rings. The maximum Gasteiger partial charge on any atom is 0.261 e. The Morgan fingerprint density at radius 2 is 1.90 bits per heavy atom. The lowest BCUT2D eigenvalue weighted by Gasteiger charge is -2.23. The molecule has 0 radical (unpaired) electrons. The van der Waals surface area contributed by atoms with E-state index in [1.807, 2.05) is 18.2 Å². The van der Waals surface area contributed by atoms with Crippen LogP contribution in [0.15, 0.2) is 54.6 Å². The van der Waals surface area contributed by atoms with Crippen LogP contribution in [0.1, 0.15) is 12.8 Å². The zero-order valence-electron chi connectivity index (χ0n) is 16.0. The molecule has 1 aromatic heterocycles. The molecule has 0 saturated carbocycles. The highest BCUT2D eigenvalue weighted by Crippen LogP contribution is 2.27. The highest BCUT2D eigenvalue weighted by atomic mass is 32.1. The van der Waals surface area contributed by atoms with Crippen LogP contribution < -0.4 is 10.1 Å². The Balaban J connectivity index is 1.36. The molecular weight excluding hydrogens is 407 g/mol. The second-order valence-corrected chi connectivity index (χ2v) is 7.73. The molecule has 0 aliphatic carbocycles. The minimum absolute atomic E-state index is 0.124. The number of hydrogen-bond acceptors (Lipinski definition) is 6. The van der Waals surface area contributed by atoms with Crippen molar-refractivity contribution in [1.82, 2.24) is 15.1 Å². The van der Waals surface area contributed by atoms with Crippen LogP contribution in [0.3, 0.4) is 0 Å². The van der Waals surface area contributed by atoms with Crippen LogP contribution in [0.5, 0.6) is 5.75 Å². The second-order valence-electron chi connectivity index (χ2n) is 6.76. The SMILES string of the molecule is O=C(Nc1nnc(-c2ccc(F)cc2)s1)C1CCCN1C(=O)COc1ccccc1. The van der Waals surface area contributed by atoms with E-state index in [1.165, 1.54) is 23.5 Å². The van der Waals surface area contributed by atoms with Crippen molar-refractivity contribution < 1.29 is 18.7 Å². The number of nitrogens with one attached hydrogen (secondary N) is 1. The van der Waals surface area contributed by atoms with Gasteiger partial charge in [0, 0.05) is 12.1 Å². The van der Waals surface area contributed by atoms with E-state index >= 15 is 0 Å². The van der Waals surface area contributed by atoms with Gasteiger partial charge in [-0.2, -0.15) is 0 Å². The zero-order valence-corrected chi connectivity index (χ0v) is 16.8. The molecule has 9 heteroatoms. The molecule has 2 heterocycles. The van der Waals surface area contributed by atoms with Gasteiger partial charge >= 0.3 is 0 Å². The number of ether oxygens (including phenoxy) is 1. The van der Waals surface area contributed by atoms with Crippen molar-refractivity contribution in [2.45, 2.75) is 18.9 Å². The number of likely N-dealkylation sites (tertiary alicyclic amines) is 1. The minimum atomic E-state index is -0.574. The molecule has 2 aromatic carbocycles. The zero-order chi connectivity index (χ0) is 20.9. The fourth-order valence-electron chi connectivity index (χ4n) is 3.25. The summed E-state index contributed by atoms with van der Waals surface area (Å²) in [6.07, 6.45) is 1.32. The van der Waals surface area contributed by atoms with Crippen LogP contribution in [0, 0.1) is 5.82 Å². The van der Waals surface area contributed by atoms with E-state index in [0.29, 0.717) is 34.4 Å². The highest BCUT2D eigenvalue weighted by molar-refractivity contribution is 7.18. The van der Waals surface area contributed by atoms with Crippen LogP contribution in [0.2, 0.25) is 0 Å². The maximum atomic E-state index is 13.1. The first-order valence-corrected chi connectivity index (χ1v) is 10.3. The standard InChI is InChI=1S/C21H19FN4O3S/c22-15-10-8-14(9-11-15)20-24-25-21(30-20)23-19(28)17-7-4-12-26(17)18(27)13-29-16-5-2-1-3-6-16/h1-3,5-6,8-11,17H,4,7,12-13H2,(H,23,25,28). The summed E-state index contributed by atoms with van der Waals surface area (Å²) in [6, 6.07) is 14.4. The Labute approximate surface area is 176 Å². The van der Waals surface area contributed by atoms with Gasteiger partial charge in [0.15, 0.2) is 6.61 Å². The number of benzene rings is 2. The number of anilines is 1. The molecule has 30 heavy (non-hydrogen) atoms. The Bertz CT molecular complexity index is 1030. The summed E-state index contributed by atoms with van der Waals surface area (Å²) in [5.41, 5.74) is 0.713. The lowest BCUT2D eigenvalue weighted by molar-refractivity contribution is -0.138. The van der Waals surface area contributed by atoms with Crippen LogP contribution >= 0.6 is 11.3 Å². The predicted molar refractivity (Wildman–Crippen MR) is 111 cm³/mol. The van der Waals surface area contributed by atoms with E-state index in [4.69, 9.17) is 4.74 Å². The van der Waals surface area contributed by atoms with Gasteiger partial charge in [0.05, 0.1) is 0 Å². The fraction of sp³-hybridized carbons (Fsp3) is 0.238. The Kier molecular flexibility index (Phi) is 5.99. The van der Waals surface area contributed by atoms with E-state index in [0.717, 1.165) is 6.42 Å². The van der Waals surface area contributed by atoms with Crippen molar-refractivity contribution in [2.75, 3.05) is 18.5 Å². The number of halogens is 1. The smallest absolute Gasteiger partial charge is 0.261 e. The number of hydrogen-bond donors (Lipinski definition) is 1. The number of para-hydroxylation sites is 1. The largest absolute Gasteiger partial charge is 0.484 e. The molecule has 7 nitrogen and oxygen atoms in total. The van der Waals surface area contributed by atoms with Crippen LogP contribution in [0.25, 0.3) is 10.6 Å². The van der Waals surface area contributed by atoms with Crippen molar-refractivity contribution in [3.8, 4) is 16.3 Å². The van der Waals surface area contributed by atoms with Gasteiger partial charge in [-0.3, -0.25) is 14.9 Å². The van der Waals surface area contributed by atoms with E-state index in [9.17, 15) is 14.0 Å².